The summed E-state index contributed by atoms with van der Waals surface area (Å²) in [6, 6.07) is 3.23. The van der Waals surface area contributed by atoms with Gasteiger partial charge in [-0.25, -0.2) is 8.78 Å². The van der Waals surface area contributed by atoms with Crippen LogP contribution in [-0.2, 0) is 4.79 Å². The van der Waals surface area contributed by atoms with Gasteiger partial charge in [-0.05, 0) is 81.3 Å². The molecular formula is C24H32F2O2. The Morgan fingerprint density at radius 2 is 1.64 bits per heavy atom. The molecule has 0 unspecified atom stereocenters. The normalized spacial score (nSPS) is 27.9. The second-order valence-corrected chi connectivity index (χ2v) is 8.61. The van der Waals surface area contributed by atoms with E-state index >= 15 is 0 Å². The molecule has 1 aromatic carbocycles. The standard InChI is InChI=1S/C24H32F2O2/c1-2-3-4-5-17-6-8-18(9-7-17)19-10-12-20(13-11-19)24(27)28-21-14-15-22(25)23(26)16-21/h2,14-20H,1,3-13H2/t17-,18-,19?,20?. The number of allylic oxidation sites excluding steroid dienone is 1. The molecule has 1 aromatic rings. The fraction of sp³-hybridized carbons (Fsp3) is 0.625. The third-order valence-corrected chi connectivity index (χ3v) is 6.79. The number of carbonyl (C=O) groups is 1. The van der Waals surface area contributed by atoms with E-state index in [2.05, 4.69) is 6.58 Å². The van der Waals surface area contributed by atoms with Crippen LogP contribution in [0.1, 0.15) is 70.6 Å². The van der Waals surface area contributed by atoms with Crippen molar-refractivity contribution < 1.29 is 18.3 Å². The van der Waals surface area contributed by atoms with Crippen molar-refractivity contribution in [1.82, 2.24) is 0 Å². The quantitative estimate of drug-likeness (QED) is 0.220. The number of carbonyl (C=O) groups excluding carboxylic acids is 1. The minimum Gasteiger partial charge on any atom is -0.426 e. The van der Waals surface area contributed by atoms with Crippen LogP contribution in [0, 0.1) is 35.3 Å². The lowest BCUT2D eigenvalue weighted by atomic mass is 9.68. The van der Waals surface area contributed by atoms with Gasteiger partial charge in [0.05, 0.1) is 5.92 Å². The lowest BCUT2D eigenvalue weighted by molar-refractivity contribution is -0.140. The van der Waals surface area contributed by atoms with E-state index in [1.54, 1.807) is 0 Å². The number of unbranched alkanes of at least 4 members (excludes halogenated alkanes) is 1. The average molecular weight is 391 g/mol. The Morgan fingerprint density at radius 1 is 1.00 bits per heavy atom. The minimum absolute atomic E-state index is 0.0841. The van der Waals surface area contributed by atoms with Crippen LogP contribution in [0.15, 0.2) is 30.9 Å². The molecule has 4 heteroatoms. The van der Waals surface area contributed by atoms with Crippen LogP contribution in [0.25, 0.3) is 0 Å². The van der Waals surface area contributed by atoms with Gasteiger partial charge >= 0.3 is 5.97 Å². The Bertz CT molecular complexity index is 657. The topological polar surface area (TPSA) is 26.3 Å². The number of halogens is 2. The molecule has 0 N–H and O–H groups in total. The molecule has 154 valence electrons. The molecule has 0 aliphatic heterocycles. The first-order chi connectivity index (χ1) is 13.6. The Morgan fingerprint density at radius 3 is 2.25 bits per heavy atom. The van der Waals surface area contributed by atoms with Crippen molar-refractivity contribution in [2.75, 3.05) is 0 Å². The van der Waals surface area contributed by atoms with E-state index in [1.807, 2.05) is 6.08 Å². The third-order valence-electron chi connectivity index (χ3n) is 6.79. The van der Waals surface area contributed by atoms with Gasteiger partial charge in [0, 0.05) is 6.07 Å². The van der Waals surface area contributed by atoms with Crippen LogP contribution in [0.5, 0.6) is 5.75 Å². The Labute approximate surface area is 167 Å². The molecule has 2 saturated carbocycles. The molecule has 2 aliphatic rings. The first-order valence-corrected chi connectivity index (χ1v) is 10.8. The summed E-state index contributed by atoms with van der Waals surface area (Å²) in [5.41, 5.74) is 0. The summed E-state index contributed by atoms with van der Waals surface area (Å²) in [7, 11) is 0. The predicted octanol–water partition coefficient (Wildman–Crippen LogP) is 6.84. The second kappa shape index (κ2) is 10.2. The Kier molecular flexibility index (Phi) is 7.64. The van der Waals surface area contributed by atoms with Crippen LogP contribution in [0.2, 0.25) is 0 Å². The van der Waals surface area contributed by atoms with Crippen molar-refractivity contribution >= 4 is 5.97 Å². The summed E-state index contributed by atoms with van der Waals surface area (Å²) >= 11 is 0. The molecule has 0 amide bonds. The molecular weight excluding hydrogens is 358 g/mol. The number of esters is 1. The first kappa shape index (κ1) is 21.0. The van der Waals surface area contributed by atoms with Gasteiger partial charge < -0.3 is 4.74 Å². The Balaban J connectivity index is 1.40. The lowest BCUT2D eigenvalue weighted by Crippen LogP contribution is -2.30. The number of hydrogen-bond donors (Lipinski definition) is 0. The van der Waals surface area contributed by atoms with E-state index in [4.69, 9.17) is 4.74 Å². The molecule has 0 aromatic heterocycles. The summed E-state index contributed by atoms with van der Waals surface area (Å²) in [6.07, 6.45) is 14.9. The lowest BCUT2D eigenvalue weighted by Gasteiger charge is -2.37. The number of ether oxygens (including phenoxy) is 1. The van der Waals surface area contributed by atoms with Gasteiger partial charge in [0.1, 0.15) is 5.75 Å². The monoisotopic (exact) mass is 390 g/mol. The largest absolute Gasteiger partial charge is 0.426 e. The molecule has 0 bridgehead atoms. The zero-order chi connectivity index (χ0) is 19.9. The molecule has 2 fully saturated rings. The first-order valence-electron chi connectivity index (χ1n) is 10.8. The minimum atomic E-state index is -0.992. The molecule has 0 atom stereocenters. The maximum absolute atomic E-state index is 13.3. The summed E-state index contributed by atoms with van der Waals surface area (Å²) in [4.78, 5) is 12.4. The molecule has 2 aliphatic carbocycles. The van der Waals surface area contributed by atoms with Crippen LogP contribution in [0.3, 0.4) is 0 Å². The van der Waals surface area contributed by atoms with Gasteiger partial charge in [-0.2, -0.15) is 0 Å². The smallest absolute Gasteiger partial charge is 0.314 e. The maximum Gasteiger partial charge on any atom is 0.314 e. The van der Waals surface area contributed by atoms with Crippen molar-refractivity contribution in [2.24, 2.45) is 23.7 Å². The fourth-order valence-electron chi connectivity index (χ4n) is 5.07. The summed E-state index contributed by atoms with van der Waals surface area (Å²) < 4.78 is 31.5. The summed E-state index contributed by atoms with van der Waals surface area (Å²) in [5.74, 6) is 0.138. The number of benzene rings is 1. The molecule has 3 rings (SSSR count). The van der Waals surface area contributed by atoms with Crippen LogP contribution in [-0.4, -0.2) is 5.97 Å². The number of rotatable bonds is 7. The SMILES string of the molecule is C=CCCC[C@H]1CC[C@H](C2CCC(C(=O)Oc3ccc(F)c(F)c3)CC2)CC1. The van der Waals surface area contributed by atoms with Crippen LogP contribution in [0.4, 0.5) is 8.78 Å². The number of hydrogen-bond acceptors (Lipinski definition) is 2. The van der Waals surface area contributed by atoms with Crippen molar-refractivity contribution in [3.8, 4) is 5.75 Å². The van der Waals surface area contributed by atoms with Crippen molar-refractivity contribution in [3.05, 3.63) is 42.5 Å². The summed E-state index contributed by atoms with van der Waals surface area (Å²) in [5, 5.41) is 0. The second-order valence-electron chi connectivity index (χ2n) is 8.61. The van der Waals surface area contributed by atoms with Gasteiger partial charge in [0.2, 0.25) is 0 Å². The van der Waals surface area contributed by atoms with E-state index in [9.17, 15) is 13.6 Å². The van der Waals surface area contributed by atoms with Gasteiger partial charge in [-0.1, -0.05) is 25.3 Å². The highest BCUT2D eigenvalue weighted by atomic mass is 19.2. The van der Waals surface area contributed by atoms with Crippen molar-refractivity contribution in [3.63, 3.8) is 0 Å². The van der Waals surface area contributed by atoms with E-state index < -0.39 is 11.6 Å². The summed E-state index contributed by atoms with van der Waals surface area (Å²) in [6.45, 7) is 3.80. The van der Waals surface area contributed by atoms with Crippen LogP contribution >= 0.6 is 0 Å². The Hall–Kier alpha value is -1.71. The molecule has 0 heterocycles. The molecule has 0 radical (unpaired) electrons. The fourth-order valence-corrected chi connectivity index (χ4v) is 5.07. The average Bonchev–Trinajstić information content (AvgIpc) is 2.72. The van der Waals surface area contributed by atoms with Gasteiger partial charge in [-0.3, -0.25) is 4.79 Å². The van der Waals surface area contributed by atoms with E-state index in [0.717, 1.165) is 62.0 Å². The zero-order valence-electron chi connectivity index (χ0n) is 16.7. The predicted molar refractivity (Wildman–Crippen MR) is 107 cm³/mol. The molecule has 28 heavy (non-hydrogen) atoms. The van der Waals surface area contributed by atoms with Gasteiger partial charge in [-0.15, -0.1) is 6.58 Å². The molecule has 2 nitrogen and oxygen atoms in total. The van der Waals surface area contributed by atoms with Crippen molar-refractivity contribution in [2.45, 2.75) is 70.6 Å². The van der Waals surface area contributed by atoms with Crippen LogP contribution < -0.4 is 4.74 Å². The highest BCUT2D eigenvalue weighted by molar-refractivity contribution is 5.75. The molecule has 0 spiro atoms. The zero-order valence-corrected chi connectivity index (χ0v) is 16.7. The highest BCUT2D eigenvalue weighted by Gasteiger charge is 2.33. The van der Waals surface area contributed by atoms with E-state index in [0.29, 0.717) is 0 Å². The van der Waals surface area contributed by atoms with Gasteiger partial charge in [0.25, 0.3) is 0 Å². The van der Waals surface area contributed by atoms with E-state index in [1.165, 1.54) is 44.6 Å². The third kappa shape index (κ3) is 5.65. The van der Waals surface area contributed by atoms with Gasteiger partial charge in [0.15, 0.2) is 11.6 Å². The molecule has 0 saturated heterocycles. The van der Waals surface area contributed by atoms with E-state index in [-0.39, 0.29) is 17.6 Å². The van der Waals surface area contributed by atoms with Crippen molar-refractivity contribution in [1.29, 1.82) is 0 Å². The maximum atomic E-state index is 13.3. The highest BCUT2D eigenvalue weighted by Crippen LogP contribution is 2.42.